The molecule has 8 heteroatoms. The van der Waals surface area contributed by atoms with E-state index in [9.17, 15) is 13.2 Å². The van der Waals surface area contributed by atoms with Crippen molar-refractivity contribution in [3.8, 4) is 11.5 Å². The molecule has 2 aromatic carbocycles. The molecule has 1 aliphatic heterocycles. The zero-order valence-corrected chi connectivity index (χ0v) is 17.7. The average molecular weight is 419 g/mol. The number of hydrogen-bond acceptors (Lipinski definition) is 5. The summed E-state index contributed by atoms with van der Waals surface area (Å²) in [4.78, 5) is 14.5. The first kappa shape index (κ1) is 21.0. The van der Waals surface area contributed by atoms with E-state index in [1.165, 1.54) is 4.31 Å². The van der Waals surface area contributed by atoms with Crippen molar-refractivity contribution < 1.29 is 22.7 Å². The molecule has 3 rings (SSSR count). The van der Waals surface area contributed by atoms with Crippen LogP contribution in [-0.2, 0) is 16.6 Å². The zero-order valence-electron chi connectivity index (χ0n) is 16.9. The summed E-state index contributed by atoms with van der Waals surface area (Å²) < 4.78 is 36.7. The Morgan fingerprint density at radius 2 is 1.90 bits per heavy atom. The van der Waals surface area contributed by atoms with E-state index < -0.39 is 10.0 Å². The van der Waals surface area contributed by atoms with Gasteiger partial charge in [-0.15, -0.1) is 0 Å². The molecule has 156 valence electrons. The van der Waals surface area contributed by atoms with Crippen LogP contribution >= 0.6 is 0 Å². The fourth-order valence-corrected chi connectivity index (χ4v) is 5.03. The number of carbonyl (C=O) groups is 1. The SMILES string of the molecule is COc1ccc(CN(C)C(=O)c2cccc(N3CCCCS3(=O)=O)c2)c(OC)c1. The third kappa shape index (κ3) is 4.64. The first-order chi connectivity index (χ1) is 13.9. The van der Waals surface area contributed by atoms with Crippen LogP contribution in [0.3, 0.4) is 0 Å². The molecule has 0 atom stereocenters. The van der Waals surface area contributed by atoms with Crippen molar-refractivity contribution >= 4 is 21.6 Å². The van der Waals surface area contributed by atoms with Crippen LogP contribution in [0.2, 0.25) is 0 Å². The largest absolute Gasteiger partial charge is 0.497 e. The van der Waals surface area contributed by atoms with E-state index in [1.807, 2.05) is 12.1 Å². The molecule has 7 nitrogen and oxygen atoms in total. The molecule has 1 aliphatic rings. The number of hydrogen-bond donors (Lipinski definition) is 0. The first-order valence-electron chi connectivity index (χ1n) is 9.42. The molecule has 1 fully saturated rings. The highest BCUT2D eigenvalue weighted by Crippen LogP contribution is 2.27. The van der Waals surface area contributed by atoms with Crippen LogP contribution in [0.25, 0.3) is 0 Å². The fourth-order valence-electron chi connectivity index (χ4n) is 3.40. The van der Waals surface area contributed by atoms with Gasteiger partial charge in [0.05, 0.1) is 25.7 Å². The molecule has 29 heavy (non-hydrogen) atoms. The summed E-state index contributed by atoms with van der Waals surface area (Å²) in [5, 5.41) is 0. The number of amides is 1. The second-order valence-corrected chi connectivity index (χ2v) is 9.00. The summed E-state index contributed by atoms with van der Waals surface area (Å²) in [5.41, 5.74) is 1.82. The minimum atomic E-state index is -3.32. The van der Waals surface area contributed by atoms with Gasteiger partial charge in [-0.05, 0) is 43.2 Å². The van der Waals surface area contributed by atoms with Crippen molar-refractivity contribution in [2.75, 3.05) is 37.9 Å². The maximum atomic E-state index is 13.0. The Bertz CT molecular complexity index is 990. The van der Waals surface area contributed by atoms with Crippen LogP contribution in [-0.4, -0.2) is 52.8 Å². The Labute approximate surface area is 171 Å². The molecule has 0 spiro atoms. The van der Waals surface area contributed by atoms with Gasteiger partial charge in [0.2, 0.25) is 10.0 Å². The van der Waals surface area contributed by atoms with Gasteiger partial charge in [0.15, 0.2) is 0 Å². The molecular formula is C21H26N2O5S. The standard InChI is InChI=1S/C21H26N2O5S/c1-22(15-17-9-10-19(27-2)14-20(17)28-3)21(24)16-7-6-8-18(13-16)23-11-4-5-12-29(23,25)26/h6-10,13-14H,4-5,11-12,15H2,1-3H3. The summed E-state index contributed by atoms with van der Waals surface area (Å²) in [6.07, 6.45) is 1.48. The van der Waals surface area contributed by atoms with Crippen LogP contribution in [0.15, 0.2) is 42.5 Å². The molecule has 0 radical (unpaired) electrons. The summed E-state index contributed by atoms with van der Waals surface area (Å²) in [5.74, 6) is 1.26. The van der Waals surface area contributed by atoms with E-state index in [0.29, 0.717) is 42.3 Å². The second kappa shape index (κ2) is 8.73. The fraction of sp³-hybridized carbons (Fsp3) is 0.381. The van der Waals surface area contributed by atoms with Gasteiger partial charge in [0.25, 0.3) is 5.91 Å². The van der Waals surface area contributed by atoms with Crippen LogP contribution < -0.4 is 13.8 Å². The van der Waals surface area contributed by atoms with Gasteiger partial charge in [-0.1, -0.05) is 6.07 Å². The first-order valence-corrected chi connectivity index (χ1v) is 11.0. The topological polar surface area (TPSA) is 76.2 Å². The molecule has 1 saturated heterocycles. The van der Waals surface area contributed by atoms with E-state index >= 15 is 0 Å². The van der Waals surface area contributed by atoms with E-state index in [4.69, 9.17) is 9.47 Å². The molecule has 0 saturated carbocycles. The van der Waals surface area contributed by atoms with Gasteiger partial charge in [-0.3, -0.25) is 9.10 Å². The lowest BCUT2D eigenvalue weighted by Crippen LogP contribution is -2.38. The highest BCUT2D eigenvalue weighted by Gasteiger charge is 2.26. The Balaban J connectivity index is 1.80. The number of rotatable bonds is 6. The number of anilines is 1. The van der Waals surface area contributed by atoms with Crippen molar-refractivity contribution in [1.82, 2.24) is 4.90 Å². The average Bonchev–Trinajstić information content (AvgIpc) is 2.73. The minimum Gasteiger partial charge on any atom is -0.497 e. The third-order valence-corrected chi connectivity index (χ3v) is 6.85. The van der Waals surface area contributed by atoms with E-state index in [1.54, 1.807) is 56.5 Å². The lowest BCUT2D eigenvalue weighted by molar-refractivity contribution is 0.0784. The predicted octanol–water partition coefficient (Wildman–Crippen LogP) is 2.91. The molecule has 1 heterocycles. The third-order valence-electron chi connectivity index (χ3n) is 4.98. The maximum Gasteiger partial charge on any atom is 0.253 e. The van der Waals surface area contributed by atoms with Crippen LogP contribution in [0.5, 0.6) is 11.5 Å². The maximum absolute atomic E-state index is 13.0. The Morgan fingerprint density at radius 1 is 1.10 bits per heavy atom. The van der Waals surface area contributed by atoms with Gasteiger partial charge >= 0.3 is 0 Å². The van der Waals surface area contributed by atoms with Crippen molar-refractivity contribution in [3.63, 3.8) is 0 Å². The van der Waals surface area contributed by atoms with Crippen molar-refractivity contribution in [1.29, 1.82) is 0 Å². The highest BCUT2D eigenvalue weighted by atomic mass is 32.2. The lowest BCUT2D eigenvalue weighted by Gasteiger charge is -2.28. The van der Waals surface area contributed by atoms with Crippen LogP contribution in [0.4, 0.5) is 5.69 Å². The van der Waals surface area contributed by atoms with Crippen molar-refractivity contribution in [3.05, 3.63) is 53.6 Å². The Morgan fingerprint density at radius 3 is 2.59 bits per heavy atom. The molecule has 0 N–H and O–H groups in total. The molecule has 0 aromatic heterocycles. The number of nitrogens with zero attached hydrogens (tertiary/aromatic N) is 2. The van der Waals surface area contributed by atoms with Gasteiger partial charge in [0, 0.05) is 37.3 Å². The summed E-state index contributed by atoms with van der Waals surface area (Å²) in [6, 6.07) is 12.2. The van der Waals surface area contributed by atoms with E-state index in [0.717, 1.165) is 12.0 Å². The number of benzene rings is 2. The highest BCUT2D eigenvalue weighted by molar-refractivity contribution is 7.92. The van der Waals surface area contributed by atoms with Crippen LogP contribution in [0.1, 0.15) is 28.8 Å². The Hall–Kier alpha value is -2.74. The van der Waals surface area contributed by atoms with Gasteiger partial charge < -0.3 is 14.4 Å². The minimum absolute atomic E-state index is 0.141. The van der Waals surface area contributed by atoms with Gasteiger partial charge in [-0.2, -0.15) is 0 Å². The molecule has 1 amide bonds. The Kier molecular flexibility index (Phi) is 6.32. The quantitative estimate of drug-likeness (QED) is 0.721. The molecule has 0 bridgehead atoms. The number of ether oxygens (including phenoxy) is 2. The van der Waals surface area contributed by atoms with Crippen molar-refractivity contribution in [2.24, 2.45) is 0 Å². The van der Waals surface area contributed by atoms with Gasteiger partial charge in [0.1, 0.15) is 11.5 Å². The summed E-state index contributed by atoms with van der Waals surface area (Å²) >= 11 is 0. The van der Waals surface area contributed by atoms with E-state index in [2.05, 4.69) is 0 Å². The molecule has 2 aromatic rings. The molecular weight excluding hydrogens is 392 g/mol. The van der Waals surface area contributed by atoms with Gasteiger partial charge in [-0.25, -0.2) is 8.42 Å². The monoisotopic (exact) mass is 418 g/mol. The second-order valence-electron chi connectivity index (χ2n) is 6.98. The number of methoxy groups -OCH3 is 2. The number of sulfonamides is 1. The smallest absolute Gasteiger partial charge is 0.253 e. The predicted molar refractivity (Wildman–Crippen MR) is 112 cm³/mol. The van der Waals surface area contributed by atoms with Crippen LogP contribution in [0, 0.1) is 0 Å². The number of carbonyl (C=O) groups excluding carboxylic acids is 1. The van der Waals surface area contributed by atoms with Crippen molar-refractivity contribution in [2.45, 2.75) is 19.4 Å². The molecule has 0 unspecified atom stereocenters. The zero-order chi connectivity index (χ0) is 21.0. The summed E-state index contributed by atoms with van der Waals surface area (Å²) in [6.45, 7) is 0.789. The summed E-state index contributed by atoms with van der Waals surface area (Å²) in [7, 11) is 1.54. The lowest BCUT2D eigenvalue weighted by atomic mass is 10.1. The normalized spacial score (nSPS) is 15.6. The van der Waals surface area contributed by atoms with E-state index in [-0.39, 0.29) is 11.7 Å². The molecule has 0 aliphatic carbocycles.